The van der Waals surface area contributed by atoms with E-state index >= 15 is 0 Å². The summed E-state index contributed by atoms with van der Waals surface area (Å²) in [6.45, 7) is 6.79. The summed E-state index contributed by atoms with van der Waals surface area (Å²) >= 11 is 0. The fraction of sp³-hybridized carbons (Fsp3) is 1.00. The Hall–Kier alpha value is -0.120. The molecule has 0 aromatic carbocycles. The summed E-state index contributed by atoms with van der Waals surface area (Å²) in [4.78, 5) is 2.27. The van der Waals surface area contributed by atoms with E-state index in [1.54, 1.807) is 0 Å². The van der Waals surface area contributed by atoms with Gasteiger partial charge in [-0.2, -0.15) is 0 Å². The van der Waals surface area contributed by atoms with Gasteiger partial charge in [-0.3, -0.25) is 0 Å². The van der Waals surface area contributed by atoms with E-state index in [9.17, 15) is 5.11 Å². The second-order valence-electron chi connectivity index (χ2n) is 4.84. The lowest BCUT2D eigenvalue weighted by Gasteiger charge is -2.31. The number of hydrogen-bond donors (Lipinski definition) is 2. The van der Waals surface area contributed by atoms with Gasteiger partial charge in [0, 0.05) is 25.2 Å². The lowest BCUT2D eigenvalue weighted by Crippen LogP contribution is -2.36. The van der Waals surface area contributed by atoms with Gasteiger partial charge in [0.15, 0.2) is 0 Å². The minimum atomic E-state index is 0.0335. The molecule has 0 bridgehead atoms. The molecule has 0 rings (SSSR count). The monoisotopic (exact) mass is 217 g/mol. The first-order valence-electron chi connectivity index (χ1n) is 5.98. The van der Waals surface area contributed by atoms with Crippen LogP contribution in [0.25, 0.3) is 0 Å². The number of nitrogens with zero attached hydrogens (tertiary/aromatic N) is 1. The predicted octanol–water partition coefficient (Wildman–Crippen LogP) is 1.49. The zero-order chi connectivity index (χ0) is 11.7. The van der Waals surface area contributed by atoms with Crippen molar-refractivity contribution in [2.24, 2.45) is 5.41 Å². The average Bonchev–Trinajstić information content (AvgIpc) is 2.24. The highest BCUT2D eigenvalue weighted by molar-refractivity contribution is 4.74. The first-order chi connectivity index (χ1) is 7.08. The van der Waals surface area contributed by atoms with Crippen molar-refractivity contribution in [1.82, 2.24) is 4.90 Å². The molecule has 0 aromatic rings. The van der Waals surface area contributed by atoms with E-state index in [0.717, 1.165) is 38.8 Å². The van der Waals surface area contributed by atoms with Crippen LogP contribution in [0.4, 0.5) is 0 Å². The zero-order valence-electron chi connectivity index (χ0n) is 10.5. The van der Waals surface area contributed by atoms with Gasteiger partial charge in [-0.1, -0.05) is 13.8 Å². The van der Waals surface area contributed by atoms with Gasteiger partial charge in [-0.15, -0.1) is 0 Å². The summed E-state index contributed by atoms with van der Waals surface area (Å²) < 4.78 is 0. The molecular weight excluding hydrogens is 190 g/mol. The van der Waals surface area contributed by atoms with Crippen molar-refractivity contribution in [2.45, 2.75) is 39.5 Å². The van der Waals surface area contributed by atoms with E-state index in [4.69, 9.17) is 5.11 Å². The van der Waals surface area contributed by atoms with Gasteiger partial charge in [0.25, 0.3) is 0 Å². The van der Waals surface area contributed by atoms with Crippen molar-refractivity contribution in [3.05, 3.63) is 0 Å². The van der Waals surface area contributed by atoms with Crippen molar-refractivity contribution in [3.63, 3.8) is 0 Å². The van der Waals surface area contributed by atoms with Gasteiger partial charge in [0.1, 0.15) is 0 Å². The third kappa shape index (κ3) is 6.88. The van der Waals surface area contributed by atoms with Crippen molar-refractivity contribution >= 4 is 0 Å². The summed E-state index contributed by atoms with van der Waals surface area (Å²) in [5.74, 6) is 0. The van der Waals surface area contributed by atoms with Gasteiger partial charge in [-0.25, -0.2) is 0 Å². The van der Waals surface area contributed by atoms with Crippen LogP contribution in [0.2, 0.25) is 0 Å². The van der Waals surface area contributed by atoms with E-state index in [1.807, 2.05) is 0 Å². The van der Waals surface area contributed by atoms with E-state index in [-0.39, 0.29) is 12.0 Å². The summed E-state index contributed by atoms with van der Waals surface area (Å²) in [6, 6.07) is 0. The molecule has 0 aliphatic carbocycles. The summed E-state index contributed by atoms with van der Waals surface area (Å²) in [6.07, 6.45) is 4.12. The minimum absolute atomic E-state index is 0.0335. The molecule has 3 nitrogen and oxygen atoms in total. The highest BCUT2D eigenvalue weighted by atomic mass is 16.3. The minimum Gasteiger partial charge on any atom is -0.396 e. The van der Waals surface area contributed by atoms with Crippen molar-refractivity contribution in [1.29, 1.82) is 0 Å². The second-order valence-corrected chi connectivity index (χ2v) is 4.84. The Morgan fingerprint density at radius 2 is 1.80 bits per heavy atom. The molecular formula is C12H27NO2. The second kappa shape index (κ2) is 8.08. The number of rotatable bonds is 9. The molecule has 0 amide bonds. The fourth-order valence-electron chi connectivity index (χ4n) is 1.67. The molecule has 1 atom stereocenters. The van der Waals surface area contributed by atoms with Crippen LogP contribution in [-0.4, -0.2) is 48.5 Å². The number of aliphatic hydroxyl groups excluding tert-OH is 2. The van der Waals surface area contributed by atoms with E-state index in [1.165, 1.54) is 0 Å². The Labute approximate surface area is 94.1 Å². The SMILES string of the molecule is CCC(C)(CO)CN(C)CCCCCO. The maximum absolute atomic E-state index is 9.28. The standard InChI is InChI=1S/C12H27NO2/c1-4-12(2,11-15)10-13(3)8-6-5-7-9-14/h14-15H,4-11H2,1-3H3. The predicted molar refractivity (Wildman–Crippen MR) is 63.9 cm³/mol. The molecule has 1 unspecified atom stereocenters. The topological polar surface area (TPSA) is 43.7 Å². The zero-order valence-corrected chi connectivity index (χ0v) is 10.5. The number of hydrogen-bond acceptors (Lipinski definition) is 3. The quantitative estimate of drug-likeness (QED) is 0.575. The summed E-state index contributed by atoms with van der Waals surface area (Å²) in [5, 5.41) is 17.9. The molecule has 2 N–H and O–H groups in total. The molecule has 0 radical (unpaired) electrons. The number of aliphatic hydroxyl groups is 2. The maximum Gasteiger partial charge on any atom is 0.0496 e. The van der Waals surface area contributed by atoms with Gasteiger partial charge in [0.2, 0.25) is 0 Å². The average molecular weight is 217 g/mol. The van der Waals surface area contributed by atoms with Crippen LogP contribution in [0.15, 0.2) is 0 Å². The van der Waals surface area contributed by atoms with Crippen molar-refractivity contribution in [3.8, 4) is 0 Å². The lowest BCUT2D eigenvalue weighted by molar-refractivity contribution is 0.0947. The normalized spacial score (nSPS) is 15.6. The van der Waals surface area contributed by atoms with Crippen LogP contribution >= 0.6 is 0 Å². The van der Waals surface area contributed by atoms with Crippen LogP contribution in [0.5, 0.6) is 0 Å². The summed E-state index contributed by atoms with van der Waals surface area (Å²) in [7, 11) is 2.10. The highest BCUT2D eigenvalue weighted by Gasteiger charge is 2.22. The Bertz CT molecular complexity index is 147. The van der Waals surface area contributed by atoms with Gasteiger partial charge < -0.3 is 15.1 Å². The molecule has 0 aromatic heterocycles. The third-order valence-corrected chi connectivity index (χ3v) is 3.08. The van der Waals surface area contributed by atoms with Gasteiger partial charge >= 0.3 is 0 Å². The molecule has 0 saturated heterocycles. The molecule has 0 heterocycles. The molecule has 0 spiro atoms. The maximum atomic E-state index is 9.28. The van der Waals surface area contributed by atoms with Crippen LogP contribution in [0.1, 0.15) is 39.5 Å². The van der Waals surface area contributed by atoms with Crippen LogP contribution in [0, 0.1) is 5.41 Å². The van der Waals surface area contributed by atoms with E-state index in [0.29, 0.717) is 6.61 Å². The van der Waals surface area contributed by atoms with Crippen LogP contribution in [0.3, 0.4) is 0 Å². The summed E-state index contributed by atoms with van der Waals surface area (Å²) in [5.41, 5.74) is 0.0335. The van der Waals surface area contributed by atoms with E-state index in [2.05, 4.69) is 25.8 Å². The third-order valence-electron chi connectivity index (χ3n) is 3.08. The number of unbranched alkanes of at least 4 members (excludes halogenated alkanes) is 2. The highest BCUT2D eigenvalue weighted by Crippen LogP contribution is 2.21. The smallest absolute Gasteiger partial charge is 0.0496 e. The van der Waals surface area contributed by atoms with Crippen LogP contribution in [-0.2, 0) is 0 Å². The van der Waals surface area contributed by atoms with Crippen LogP contribution < -0.4 is 0 Å². The van der Waals surface area contributed by atoms with Crippen molar-refractivity contribution < 1.29 is 10.2 Å². The molecule has 92 valence electrons. The molecule has 0 aliphatic rings. The van der Waals surface area contributed by atoms with Gasteiger partial charge in [-0.05, 0) is 39.3 Å². The van der Waals surface area contributed by atoms with Gasteiger partial charge in [0.05, 0.1) is 0 Å². The first kappa shape index (κ1) is 14.9. The molecule has 0 aliphatic heterocycles. The molecule has 3 heteroatoms. The Morgan fingerprint density at radius 1 is 1.13 bits per heavy atom. The molecule has 15 heavy (non-hydrogen) atoms. The molecule has 0 fully saturated rings. The Morgan fingerprint density at radius 3 is 2.27 bits per heavy atom. The molecule has 0 saturated carbocycles. The Kier molecular flexibility index (Phi) is 8.02. The first-order valence-corrected chi connectivity index (χ1v) is 5.98. The Balaban J connectivity index is 3.67. The van der Waals surface area contributed by atoms with Crippen molar-refractivity contribution in [2.75, 3.05) is 33.4 Å². The van der Waals surface area contributed by atoms with E-state index < -0.39 is 0 Å². The fourth-order valence-corrected chi connectivity index (χ4v) is 1.67. The largest absolute Gasteiger partial charge is 0.396 e. The lowest BCUT2D eigenvalue weighted by atomic mass is 9.88.